The van der Waals surface area contributed by atoms with Gasteiger partial charge in [-0.3, -0.25) is 4.79 Å². The number of amides is 1. The van der Waals surface area contributed by atoms with Gasteiger partial charge in [0.2, 0.25) is 0 Å². The van der Waals surface area contributed by atoms with Crippen molar-refractivity contribution in [2.24, 2.45) is 11.1 Å². The number of benzene rings is 1. The zero-order valence-corrected chi connectivity index (χ0v) is 15.8. The van der Waals surface area contributed by atoms with Crippen LogP contribution in [0.5, 0.6) is 5.75 Å². The predicted molar refractivity (Wildman–Crippen MR) is 96.8 cm³/mol. The van der Waals surface area contributed by atoms with Crippen molar-refractivity contribution in [2.75, 3.05) is 13.1 Å². The van der Waals surface area contributed by atoms with Crippen LogP contribution in [0.3, 0.4) is 0 Å². The highest BCUT2D eigenvalue weighted by Crippen LogP contribution is 2.29. The van der Waals surface area contributed by atoms with Crippen LogP contribution in [0.15, 0.2) is 18.2 Å². The normalized spacial score (nSPS) is 21.3. The third-order valence-electron chi connectivity index (χ3n) is 4.12. The van der Waals surface area contributed by atoms with Crippen LogP contribution in [0.1, 0.15) is 27.2 Å². The Balaban J connectivity index is 0.00000264. The van der Waals surface area contributed by atoms with Crippen molar-refractivity contribution in [1.29, 1.82) is 0 Å². The van der Waals surface area contributed by atoms with Gasteiger partial charge in [0.25, 0.3) is 5.91 Å². The van der Waals surface area contributed by atoms with Crippen LogP contribution in [0.2, 0.25) is 10.0 Å². The quantitative estimate of drug-likeness (QED) is 0.867. The topological polar surface area (TPSA) is 55.6 Å². The van der Waals surface area contributed by atoms with Gasteiger partial charge in [-0.2, -0.15) is 0 Å². The van der Waals surface area contributed by atoms with E-state index in [1.807, 2.05) is 4.90 Å². The maximum atomic E-state index is 12.6. The van der Waals surface area contributed by atoms with Crippen LogP contribution in [0.25, 0.3) is 0 Å². The average molecular weight is 382 g/mol. The van der Waals surface area contributed by atoms with E-state index in [9.17, 15) is 4.79 Å². The second kappa shape index (κ2) is 7.93. The Labute approximate surface area is 153 Å². The summed E-state index contributed by atoms with van der Waals surface area (Å²) in [5.41, 5.74) is 6.02. The van der Waals surface area contributed by atoms with Crippen LogP contribution in [-0.4, -0.2) is 36.0 Å². The smallest absolute Gasteiger partial charge is 0.263 e. The van der Waals surface area contributed by atoms with E-state index in [1.165, 1.54) is 0 Å². The highest BCUT2D eigenvalue weighted by atomic mass is 35.5. The maximum absolute atomic E-state index is 12.6. The van der Waals surface area contributed by atoms with Crippen molar-refractivity contribution >= 4 is 41.5 Å². The first-order valence-corrected chi connectivity index (χ1v) is 8.12. The van der Waals surface area contributed by atoms with Gasteiger partial charge in [-0.1, -0.05) is 37.0 Å². The summed E-state index contributed by atoms with van der Waals surface area (Å²) >= 11 is 11.9. The molecule has 1 aliphatic rings. The molecule has 1 heterocycles. The summed E-state index contributed by atoms with van der Waals surface area (Å²) in [5.74, 6) is 0.447. The number of nitrogens with two attached hydrogens (primary N) is 1. The minimum atomic E-state index is -0.598. The zero-order chi connectivity index (χ0) is 16.5. The molecule has 2 unspecified atom stereocenters. The van der Waals surface area contributed by atoms with Gasteiger partial charge in [0.1, 0.15) is 5.75 Å². The average Bonchev–Trinajstić information content (AvgIpc) is 2.39. The summed E-state index contributed by atoms with van der Waals surface area (Å²) in [5, 5.41) is 0.958. The second-order valence-corrected chi connectivity index (χ2v) is 7.38. The monoisotopic (exact) mass is 380 g/mol. The molecule has 1 fully saturated rings. The van der Waals surface area contributed by atoms with E-state index in [2.05, 4.69) is 13.8 Å². The Morgan fingerprint density at radius 3 is 2.43 bits per heavy atom. The van der Waals surface area contributed by atoms with Gasteiger partial charge in [0.15, 0.2) is 6.10 Å². The Hall–Kier alpha value is -0.680. The molecule has 1 aromatic rings. The first kappa shape index (κ1) is 20.4. The number of carbonyl (C=O) groups excluding carboxylic acids is 1. The minimum absolute atomic E-state index is 0. The van der Waals surface area contributed by atoms with Crippen molar-refractivity contribution in [3.05, 3.63) is 28.2 Å². The maximum Gasteiger partial charge on any atom is 0.263 e. The minimum Gasteiger partial charge on any atom is -0.481 e. The fourth-order valence-electron chi connectivity index (χ4n) is 2.67. The molecule has 130 valence electrons. The lowest BCUT2D eigenvalue weighted by Crippen LogP contribution is -2.56. The number of halogens is 3. The van der Waals surface area contributed by atoms with Crippen LogP contribution >= 0.6 is 35.6 Å². The van der Waals surface area contributed by atoms with Crippen molar-refractivity contribution in [1.82, 2.24) is 4.90 Å². The molecule has 0 spiro atoms. The lowest BCUT2D eigenvalue weighted by atomic mass is 9.79. The van der Waals surface area contributed by atoms with Gasteiger partial charge in [0, 0.05) is 29.2 Å². The first-order chi connectivity index (χ1) is 10.2. The number of likely N-dealkylation sites (tertiary alicyclic amines) is 1. The molecule has 2 atom stereocenters. The zero-order valence-electron chi connectivity index (χ0n) is 13.5. The molecule has 0 aliphatic carbocycles. The molecule has 0 aromatic heterocycles. The highest BCUT2D eigenvalue weighted by molar-refractivity contribution is 6.34. The van der Waals surface area contributed by atoms with Crippen molar-refractivity contribution in [3.8, 4) is 5.75 Å². The number of nitrogens with zero attached hydrogens (tertiary/aromatic N) is 1. The summed E-state index contributed by atoms with van der Waals surface area (Å²) < 4.78 is 5.69. The van der Waals surface area contributed by atoms with Crippen molar-refractivity contribution in [3.63, 3.8) is 0 Å². The number of carbonyl (C=O) groups is 1. The molecule has 1 aliphatic heterocycles. The van der Waals surface area contributed by atoms with Gasteiger partial charge in [-0.15, -0.1) is 12.4 Å². The van der Waals surface area contributed by atoms with Crippen LogP contribution in [-0.2, 0) is 4.79 Å². The van der Waals surface area contributed by atoms with Crippen LogP contribution in [0.4, 0.5) is 0 Å². The number of hydrogen-bond acceptors (Lipinski definition) is 3. The standard InChI is InChI=1S/C16H22Cl2N2O2.ClH/c1-10(22-13-7-11(17)6-12(18)8-13)15(21)20-5-4-14(19)16(2,3)9-20;/h6-8,10,14H,4-5,9,19H2,1-3H3;1H. The van der Waals surface area contributed by atoms with E-state index in [0.29, 0.717) is 28.9 Å². The Morgan fingerprint density at radius 2 is 1.91 bits per heavy atom. The molecule has 0 saturated carbocycles. The number of hydrogen-bond donors (Lipinski definition) is 1. The van der Waals surface area contributed by atoms with E-state index < -0.39 is 6.10 Å². The molecule has 2 rings (SSSR count). The summed E-state index contributed by atoms with van der Waals surface area (Å²) in [6.07, 6.45) is 0.203. The molecule has 2 N–H and O–H groups in total. The number of piperidine rings is 1. The van der Waals surface area contributed by atoms with E-state index >= 15 is 0 Å². The van der Waals surface area contributed by atoms with E-state index in [1.54, 1.807) is 25.1 Å². The van der Waals surface area contributed by atoms with Gasteiger partial charge < -0.3 is 15.4 Å². The molecule has 1 saturated heterocycles. The summed E-state index contributed by atoms with van der Waals surface area (Å²) in [6, 6.07) is 5.02. The second-order valence-electron chi connectivity index (χ2n) is 6.51. The fourth-order valence-corrected chi connectivity index (χ4v) is 3.18. The molecule has 1 amide bonds. The molecule has 0 bridgehead atoms. The van der Waals surface area contributed by atoms with Gasteiger partial charge >= 0.3 is 0 Å². The molecule has 7 heteroatoms. The number of rotatable bonds is 3. The predicted octanol–water partition coefficient (Wildman–Crippen LogP) is 3.77. The summed E-state index contributed by atoms with van der Waals surface area (Å²) in [7, 11) is 0. The SMILES string of the molecule is CC(Oc1cc(Cl)cc(Cl)c1)C(=O)N1CCC(N)C(C)(C)C1.Cl. The van der Waals surface area contributed by atoms with E-state index in [-0.39, 0.29) is 29.8 Å². The number of ether oxygens (including phenoxy) is 1. The fraction of sp³-hybridized carbons (Fsp3) is 0.562. The Morgan fingerprint density at radius 1 is 1.35 bits per heavy atom. The van der Waals surface area contributed by atoms with Crippen LogP contribution < -0.4 is 10.5 Å². The summed E-state index contributed by atoms with van der Waals surface area (Å²) in [4.78, 5) is 14.4. The Kier molecular flexibility index (Phi) is 7.02. The third-order valence-corrected chi connectivity index (χ3v) is 4.56. The Bertz CT molecular complexity index is 546. The van der Waals surface area contributed by atoms with Gasteiger partial charge in [0.05, 0.1) is 0 Å². The third kappa shape index (κ3) is 5.15. The molecule has 4 nitrogen and oxygen atoms in total. The van der Waals surface area contributed by atoms with Crippen molar-refractivity contribution in [2.45, 2.75) is 39.3 Å². The van der Waals surface area contributed by atoms with E-state index in [4.69, 9.17) is 33.7 Å². The lowest BCUT2D eigenvalue weighted by molar-refractivity contribution is -0.141. The molecular formula is C16H23Cl3N2O2. The largest absolute Gasteiger partial charge is 0.481 e. The highest BCUT2D eigenvalue weighted by Gasteiger charge is 2.36. The van der Waals surface area contributed by atoms with Gasteiger partial charge in [-0.25, -0.2) is 0 Å². The molecular weight excluding hydrogens is 359 g/mol. The molecule has 0 radical (unpaired) electrons. The van der Waals surface area contributed by atoms with Gasteiger partial charge in [-0.05, 0) is 37.0 Å². The molecule has 1 aromatic carbocycles. The lowest BCUT2D eigenvalue weighted by Gasteiger charge is -2.43. The van der Waals surface area contributed by atoms with E-state index in [0.717, 1.165) is 6.42 Å². The van der Waals surface area contributed by atoms with Crippen molar-refractivity contribution < 1.29 is 9.53 Å². The van der Waals surface area contributed by atoms with Crippen LogP contribution in [0, 0.1) is 5.41 Å². The summed E-state index contributed by atoms with van der Waals surface area (Å²) in [6.45, 7) is 7.20. The molecule has 23 heavy (non-hydrogen) atoms. The first-order valence-electron chi connectivity index (χ1n) is 7.36.